The van der Waals surface area contributed by atoms with E-state index in [1.807, 2.05) is 20.8 Å². The molecule has 0 amide bonds. The number of ether oxygens (including phenoxy) is 2. The van der Waals surface area contributed by atoms with Gasteiger partial charge in [-0.15, -0.1) is 12.4 Å². The van der Waals surface area contributed by atoms with Crippen LogP contribution in [0.4, 0.5) is 0 Å². The summed E-state index contributed by atoms with van der Waals surface area (Å²) in [6.45, 7) is 8.39. The molecule has 8 heteroatoms. The van der Waals surface area contributed by atoms with Crippen LogP contribution < -0.4 is 14.8 Å². The predicted molar refractivity (Wildman–Crippen MR) is 92.3 cm³/mol. The molecule has 1 aliphatic heterocycles. The first kappa shape index (κ1) is 20.0. The summed E-state index contributed by atoms with van der Waals surface area (Å²) in [6, 6.07) is 4.73. The molecule has 1 saturated heterocycles. The van der Waals surface area contributed by atoms with E-state index in [2.05, 4.69) is 5.32 Å². The second-order valence-corrected chi connectivity index (χ2v) is 7.03. The number of hydrogen-bond donors (Lipinski definition) is 1. The van der Waals surface area contributed by atoms with Crippen molar-refractivity contribution in [1.29, 1.82) is 0 Å². The molecule has 0 bridgehead atoms. The molecular formula is C15H25ClN2O4S. The van der Waals surface area contributed by atoms with Gasteiger partial charge in [0.1, 0.15) is 0 Å². The second-order valence-electron chi connectivity index (χ2n) is 5.14. The van der Waals surface area contributed by atoms with Crippen LogP contribution in [0.2, 0.25) is 0 Å². The molecule has 1 atom stereocenters. The fraction of sp³-hybridized carbons (Fsp3) is 0.600. The Kier molecular flexibility index (Phi) is 7.60. The lowest BCUT2D eigenvalue weighted by molar-refractivity contribution is 0.281. The number of nitrogens with zero attached hydrogens (tertiary/aromatic N) is 1. The summed E-state index contributed by atoms with van der Waals surface area (Å²) in [5.41, 5.74) is 0. The molecule has 0 aromatic heterocycles. The van der Waals surface area contributed by atoms with Gasteiger partial charge in [-0.25, -0.2) is 8.42 Å². The van der Waals surface area contributed by atoms with Gasteiger partial charge in [0.05, 0.1) is 18.1 Å². The normalized spacial score (nSPS) is 19.0. The minimum Gasteiger partial charge on any atom is -0.490 e. The Morgan fingerprint density at radius 2 is 1.87 bits per heavy atom. The fourth-order valence-corrected chi connectivity index (χ4v) is 4.15. The maximum absolute atomic E-state index is 12.8. The summed E-state index contributed by atoms with van der Waals surface area (Å²) >= 11 is 0. The summed E-state index contributed by atoms with van der Waals surface area (Å²) in [4.78, 5) is 0.244. The average molecular weight is 365 g/mol. The molecule has 0 spiro atoms. The van der Waals surface area contributed by atoms with Gasteiger partial charge in [0.15, 0.2) is 11.5 Å². The monoisotopic (exact) mass is 364 g/mol. The second kappa shape index (κ2) is 8.73. The lowest BCUT2D eigenvalue weighted by Crippen LogP contribution is -2.52. The number of piperazine rings is 1. The molecule has 2 rings (SSSR count). The van der Waals surface area contributed by atoms with Gasteiger partial charge in [-0.2, -0.15) is 4.31 Å². The smallest absolute Gasteiger partial charge is 0.243 e. The quantitative estimate of drug-likeness (QED) is 0.834. The molecule has 1 aliphatic rings. The molecule has 1 fully saturated rings. The van der Waals surface area contributed by atoms with Crippen LogP contribution >= 0.6 is 12.4 Å². The number of halogens is 1. The first-order valence-corrected chi connectivity index (χ1v) is 9.07. The van der Waals surface area contributed by atoms with Crippen LogP contribution in [0.1, 0.15) is 20.8 Å². The van der Waals surface area contributed by atoms with E-state index >= 15 is 0 Å². The standard InChI is InChI=1S/C15H24N2O4S.ClH/c1-4-20-14-7-6-13(10-15(14)21-5-2)22(18,19)17-9-8-16-11-12(17)3;/h6-7,10,12,16H,4-5,8-9,11H2,1-3H3;1H/t12-;/m0./s1. The SMILES string of the molecule is CCOc1ccc(S(=O)(=O)N2CCNC[C@@H]2C)cc1OCC.Cl. The van der Waals surface area contributed by atoms with Gasteiger partial charge in [-0.05, 0) is 32.9 Å². The zero-order valence-corrected chi connectivity index (χ0v) is 15.4. The van der Waals surface area contributed by atoms with Gasteiger partial charge in [0.25, 0.3) is 0 Å². The van der Waals surface area contributed by atoms with E-state index < -0.39 is 10.0 Å². The van der Waals surface area contributed by atoms with Crippen LogP contribution in [0, 0.1) is 0 Å². The number of rotatable bonds is 6. The Labute approximate surface area is 144 Å². The molecule has 132 valence electrons. The van der Waals surface area contributed by atoms with Gasteiger partial charge in [0, 0.05) is 31.7 Å². The molecule has 0 unspecified atom stereocenters. The largest absolute Gasteiger partial charge is 0.490 e. The van der Waals surface area contributed by atoms with Crippen LogP contribution in [-0.2, 0) is 10.0 Å². The highest BCUT2D eigenvalue weighted by molar-refractivity contribution is 7.89. The zero-order valence-electron chi connectivity index (χ0n) is 13.7. The van der Waals surface area contributed by atoms with Crippen LogP contribution in [-0.4, -0.2) is 51.6 Å². The minimum atomic E-state index is -3.53. The Morgan fingerprint density at radius 1 is 1.22 bits per heavy atom. The summed E-state index contributed by atoms with van der Waals surface area (Å²) in [6.07, 6.45) is 0. The highest BCUT2D eigenvalue weighted by Crippen LogP contribution is 2.32. The molecule has 0 aliphatic carbocycles. The van der Waals surface area contributed by atoms with E-state index in [1.54, 1.807) is 18.2 Å². The van der Waals surface area contributed by atoms with Crippen LogP contribution in [0.3, 0.4) is 0 Å². The van der Waals surface area contributed by atoms with E-state index in [4.69, 9.17) is 9.47 Å². The Bertz CT molecular complexity index is 609. The van der Waals surface area contributed by atoms with E-state index in [-0.39, 0.29) is 23.3 Å². The first-order chi connectivity index (χ1) is 10.5. The van der Waals surface area contributed by atoms with Crippen molar-refractivity contribution in [1.82, 2.24) is 9.62 Å². The van der Waals surface area contributed by atoms with Crippen LogP contribution in [0.15, 0.2) is 23.1 Å². The van der Waals surface area contributed by atoms with E-state index in [0.717, 1.165) is 0 Å². The third-order valence-corrected chi connectivity index (χ3v) is 5.57. The zero-order chi connectivity index (χ0) is 16.2. The van der Waals surface area contributed by atoms with Gasteiger partial charge < -0.3 is 14.8 Å². The molecule has 23 heavy (non-hydrogen) atoms. The summed E-state index contributed by atoms with van der Waals surface area (Å²) in [5, 5.41) is 3.19. The molecule has 1 heterocycles. The van der Waals surface area contributed by atoms with Crippen molar-refractivity contribution in [3.8, 4) is 11.5 Å². The molecule has 0 saturated carbocycles. The third kappa shape index (κ3) is 4.50. The van der Waals surface area contributed by atoms with Crippen molar-refractivity contribution in [2.75, 3.05) is 32.8 Å². The summed E-state index contributed by atoms with van der Waals surface area (Å²) in [7, 11) is -3.53. The Hall–Kier alpha value is -1.02. The van der Waals surface area contributed by atoms with Crippen molar-refractivity contribution in [2.45, 2.75) is 31.7 Å². The number of sulfonamides is 1. The van der Waals surface area contributed by atoms with Crippen LogP contribution in [0.5, 0.6) is 11.5 Å². The van der Waals surface area contributed by atoms with Gasteiger partial charge in [0.2, 0.25) is 10.0 Å². The fourth-order valence-electron chi connectivity index (χ4n) is 2.51. The highest BCUT2D eigenvalue weighted by atomic mass is 35.5. The lowest BCUT2D eigenvalue weighted by Gasteiger charge is -2.32. The molecule has 1 N–H and O–H groups in total. The maximum atomic E-state index is 12.8. The van der Waals surface area contributed by atoms with Crippen LogP contribution in [0.25, 0.3) is 0 Å². The molecule has 1 aromatic rings. The van der Waals surface area contributed by atoms with E-state index in [9.17, 15) is 8.42 Å². The van der Waals surface area contributed by atoms with E-state index in [1.165, 1.54) is 4.31 Å². The van der Waals surface area contributed by atoms with Gasteiger partial charge in [-0.3, -0.25) is 0 Å². The Morgan fingerprint density at radius 3 is 2.48 bits per heavy atom. The maximum Gasteiger partial charge on any atom is 0.243 e. The van der Waals surface area contributed by atoms with Crippen molar-refractivity contribution in [3.05, 3.63) is 18.2 Å². The molecule has 0 radical (unpaired) electrons. The number of hydrogen-bond acceptors (Lipinski definition) is 5. The molecule has 6 nitrogen and oxygen atoms in total. The first-order valence-electron chi connectivity index (χ1n) is 7.63. The minimum absolute atomic E-state index is 0. The summed E-state index contributed by atoms with van der Waals surface area (Å²) < 4.78 is 38.2. The van der Waals surface area contributed by atoms with Crippen molar-refractivity contribution in [3.63, 3.8) is 0 Å². The highest BCUT2D eigenvalue weighted by Gasteiger charge is 2.31. The van der Waals surface area contributed by atoms with Crippen molar-refractivity contribution in [2.24, 2.45) is 0 Å². The number of benzene rings is 1. The van der Waals surface area contributed by atoms with Gasteiger partial charge >= 0.3 is 0 Å². The Balaban J connectivity index is 0.00000264. The molecular weight excluding hydrogens is 340 g/mol. The topological polar surface area (TPSA) is 67.9 Å². The number of nitrogens with one attached hydrogen (secondary N) is 1. The molecule has 1 aromatic carbocycles. The lowest BCUT2D eigenvalue weighted by atomic mass is 10.3. The predicted octanol–water partition coefficient (Wildman–Crippen LogP) is 1.89. The van der Waals surface area contributed by atoms with Crippen molar-refractivity contribution < 1.29 is 17.9 Å². The van der Waals surface area contributed by atoms with Gasteiger partial charge in [-0.1, -0.05) is 0 Å². The van der Waals surface area contributed by atoms with E-state index in [0.29, 0.717) is 44.3 Å². The third-order valence-electron chi connectivity index (χ3n) is 3.56. The summed E-state index contributed by atoms with van der Waals surface area (Å²) in [5.74, 6) is 1.03. The average Bonchev–Trinajstić information content (AvgIpc) is 2.49. The van der Waals surface area contributed by atoms with Crippen molar-refractivity contribution >= 4 is 22.4 Å².